The van der Waals surface area contributed by atoms with Crippen molar-refractivity contribution in [2.24, 2.45) is 5.73 Å². The molecular weight excluding hydrogens is 154 g/mol. The highest BCUT2D eigenvalue weighted by Crippen LogP contribution is 2.14. The zero-order valence-electron chi connectivity index (χ0n) is 7.13. The molecule has 0 radical (unpaired) electrons. The molecule has 0 saturated carbocycles. The lowest BCUT2D eigenvalue weighted by atomic mass is 10.0. The van der Waals surface area contributed by atoms with E-state index in [0.29, 0.717) is 12.0 Å². The summed E-state index contributed by atoms with van der Waals surface area (Å²) in [5, 5.41) is 8.73. The smallest absolute Gasteiger partial charge is 0.338 e. The Balaban J connectivity index is 5.04. The zero-order valence-corrected chi connectivity index (χ0v) is 7.13. The van der Waals surface area contributed by atoms with E-state index in [-0.39, 0.29) is 11.3 Å². The summed E-state index contributed by atoms with van der Waals surface area (Å²) in [5.74, 6) is -1.06. The Morgan fingerprint density at radius 3 is 2.42 bits per heavy atom. The third kappa shape index (κ3) is 2.27. The number of allylic oxidation sites excluding steroid dienone is 1. The molecule has 3 N–H and O–H groups in total. The van der Waals surface area contributed by atoms with Gasteiger partial charge in [-0.1, -0.05) is 20.1 Å². The minimum absolute atomic E-state index is 0.0625. The van der Waals surface area contributed by atoms with E-state index in [0.717, 1.165) is 0 Å². The molecule has 12 heavy (non-hydrogen) atoms. The molecule has 0 unspecified atom stereocenters. The molecule has 0 aromatic carbocycles. The summed E-state index contributed by atoms with van der Waals surface area (Å²) in [6.45, 7) is 8.81. The van der Waals surface area contributed by atoms with Crippen molar-refractivity contribution in [1.29, 1.82) is 0 Å². The monoisotopic (exact) mass is 167 g/mol. The number of aliphatic carboxylic acids is 1. The van der Waals surface area contributed by atoms with Crippen LogP contribution in [0.4, 0.5) is 0 Å². The first-order chi connectivity index (χ1) is 5.54. The molecule has 0 aliphatic carbocycles. The van der Waals surface area contributed by atoms with E-state index < -0.39 is 5.97 Å². The number of rotatable bonds is 4. The van der Waals surface area contributed by atoms with Gasteiger partial charge < -0.3 is 10.8 Å². The van der Waals surface area contributed by atoms with Gasteiger partial charge in [-0.2, -0.15) is 0 Å². The van der Waals surface area contributed by atoms with Crippen LogP contribution < -0.4 is 5.73 Å². The average molecular weight is 167 g/mol. The van der Waals surface area contributed by atoms with Gasteiger partial charge in [0.1, 0.15) is 0 Å². The zero-order chi connectivity index (χ0) is 9.72. The fraction of sp³-hybridized carbons (Fsp3) is 0.222. The summed E-state index contributed by atoms with van der Waals surface area (Å²) in [7, 11) is 0. The van der Waals surface area contributed by atoms with Crippen LogP contribution in [0.15, 0.2) is 36.1 Å². The van der Waals surface area contributed by atoms with Crippen molar-refractivity contribution in [2.45, 2.75) is 13.3 Å². The summed E-state index contributed by atoms with van der Waals surface area (Å²) in [5.41, 5.74) is 6.15. The Morgan fingerprint density at radius 1 is 1.67 bits per heavy atom. The predicted molar refractivity (Wildman–Crippen MR) is 48.5 cm³/mol. The predicted octanol–water partition coefficient (Wildman–Crippen LogP) is 1.44. The second-order valence-corrected chi connectivity index (χ2v) is 2.30. The van der Waals surface area contributed by atoms with E-state index in [9.17, 15) is 4.79 Å². The van der Waals surface area contributed by atoms with Crippen LogP contribution in [0.25, 0.3) is 0 Å². The maximum Gasteiger partial charge on any atom is 0.338 e. The lowest BCUT2D eigenvalue weighted by Gasteiger charge is -2.05. The lowest BCUT2D eigenvalue weighted by Crippen LogP contribution is -2.10. The number of carboxylic acids is 1. The van der Waals surface area contributed by atoms with Gasteiger partial charge in [-0.15, -0.1) is 0 Å². The maximum absolute atomic E-state index is 10.7. The molecule has 0 bridgehead atoms. The van der Waals surface area contributed by atoms with E-state index in [1.165, 1.54) is 6.08 Å². The van der Waals surface area contributed by atoms with E-state index in [2.05, 4.69) is 13.2 Å². The van der Waals surface area contributed by atoms with Crippen molar-refractivity contribution in [1.82, 2.24) is 0 Å². The Hall–Kier alpha value is -1.51. The Labute approximate surface area is 71.9 Å². The Morgan fingerprint density at radius 2 is 2.17 bits per heavy atom. The number of carboxylic acid groups (broad SMARTS) is 1. The average Bonchev–Trinajstić information content (AvgIpc) is 2.03. The van der Waals surface area contributed by atoms with Crippen LogP contribution in [0, 0.1) is 0 Å². The molecule has 3 nitrogen and oxygen atoms in total. The third-order valence-electron chi connectivity index (χ3n) is 1.50. The first-order valence-corrected chi connectivity index (χ1v) is 3.58. The van der Waals surface area contributed by atoms with Crippen molar-refractivity contribution in [3.8, 4) is 0 Å². The van der Waals surface area contributed by atoms with Crippen molar-refractivity contribution in [3.05, 3.63) is 36.1 Å². The van der Waals surface area contributed by atoms with Gasteiger partial charge in [-0.3, -0.25) is 0 Å². The topological polar surface area (TPSA) is 63.3 Å². The molecule has 0 rings (SSSR count). The van der Waals surface area contributed by atoms with Crippen LogP contribution in [0.5, 0.6) is 0 Å². The van der Waals surface area contributed by atoms with Crippen LogP contribution in [-0.4, -0.2) is 11.1 Å². The molecule has 66 valence electrons. The molecule has 0 saturated heterocycles. The van der Waals surface area contributed by atoms with Gasteiger partial charge in [-0.25, -0.2) is 4.79 Å². The highest BCUT2D eigenvalue weighted by Gasteiger charge is 2.12. The standard InChI is InChI=1S/C9H13NO2/c1-4-6(3)8(9(11)12)7(10)5-2/h5H,2-4,10H2,1H3,(H,11,12)/b8-7-. The lowest BCUT2D eigenvalue weighted by molar-refractivity contribution is -0.132. The minimum Gasteiger partial charge on any atom is -0.478 e. The minimum atomic E-state index is -1.06. The van der Waals surface area contributed by atoms with Crippen molar-refractivity contribution in [3.63, 3.8) is 0 Å². The van der Waals surface area contributed by atoms with Gasteiger partial charge >= 0.3 is 5.97 Å². The Bertz CT molecular complexity index is 251. The second kappa shape index (κ2) is 4.38. The summed E-state index contributed by atoms with van der Waals surface area (Å²) in [6.07, 6.45) is 1.88. The van der Waals surface area contributed by atoms with Crippen molar-refractivity contribution < 1.29 is 9.90 Å². The molecule has 0 aliphatic rings. The fourth-order valence-electron chi connectivity index (χ4n) is 0.758. The van der Waals surface area contributed by atoms with Crippen LogP contribution in [-0.2, 0) is 4.79 Å². The van der Waals surface area contributed by atoms with Gasteiger partial charge in [0.25, 0.3) is 0 Å². The van der Waals surface area contributed by atoms with Crippen molar-refractivity contribution >= 4 is 5.97 Å². The summed E-state index contributed by atoms with van der Waals surface area (Å²) >= 11 is 0. The Kier molecular flexibility index (Phi) is 3.83. The summed E-state index contributed by atoms with van der Waals surface area (Å²) in [4.78, 5) is 10.7. The van der Waals surface area contributed by atoms with Gasteiger partial charge in [0.2, 0.25) is 0 Å². The maximum atomic E-state index is 10.7. The van der Waals surface area contributed by atoms with Crippen molar-refractivity contribution in [2.75, 3.05) is 0 Å². The quantitative estimate of drug-likeness (QED) is 0.492. The molecule has 0 aromatic heterocycles. The van der Waals surface area contributed by atoms with E-state index in [1.807, 2.05) is 6.92 Å². The van der Waals surface area contributed by atoms with Gasteiger partial charge in [0.05, 0.1) is 5.57 Å². The number of nitrogens with two attached hydrogens (primary N) is 1. The van der Waals surface area contributed by atoms with E-state index >= 15 is 0 Å². The van der Waals surface area contributed by atoms with Crippen LogP contribution in [0.2, 0.25) is 0 Å². The van der Waals surface area contributed by atoms with Gasteiger partial charge in [0.15, 0.2) is 0 Å². The van der Waals surface area contributed by atoms with Crippen LogP contribution in [0.1, 0.15) is 13.3 Å². The highest BCUT2D eigenvalue weighted by molar-refractivity contribution is 5.92. The molecule has 0 amide bonds. The first-order valence-electron chi connectivity index (χ1n) is 3.58. The molecule has 0 spiro atoms. The molecule has 0 fully saturated rings. The third-order valence-corrected chi connectivity index (χ3v) is 1.50. The number of hydrogen-bond acceptors (Lipinski definition) is 2. The summed E-state index contributed by atoms with van der Waals surface area (Å²) in [6, 6.07) is 0. The normalized spacial score (nSPS) is 11.8. The van der Waals surface area contributed by atoms with Crippen LogP contribution in [0.3, 0.4) is 0 Å². The second-order valence-electron chi connectivity index (χ2n) is 2.30. The number of carbonyl (C=O) groups is 1. The van der Waals surface area contributed by atoms with E-state index in [1.54, 1.807) is 0 Å². The van der Waals surface area contributed by atoms with Gasteiger partial charge in [0, 0.05) is 5.70 Å². The first kappa shape index (κ1) is 10.5. The molecule has 0 aromatic rings. The molecule has 0 atom stereocenters. The molecular formula is C9H13NO2. The molecule has 0 heterocycles. The fourth-order valence-corrected chi connectivity index (χ4v) is 0.758. The SMILES string of the molecule is C=C/C(N)=C(\C(=C)CC)C(=O)O. The summed E-state index contributed by atoms with van der Waals surface area (Å²) < 4.78 is 0. The number of hydrogen-bond donors (Lipinski definition) is 2. The van der Waals surface area contributed by atoms with Gasteiger partial charge in [-0.05, 0) is 18.1 Å². The molecule has 0 aliphatic heterocycles. The van der Waals surface area contributed by atoms with Crippen LogP contribution >= 0.6 is 0 Å². The van der Waals surface area contributed by atoms with E-state index in [4.69, 9.17) is 10.8 Å². The molecule has 3 heteroatoms. The largest absolute Gasteiger partial charge is 0.478 e. The highest BCUT2D eigenvalue weighted by atomic mass is 16.4.